The van der Waals surface area contributed by atoms with E-state index in [1.165, 1.54) is 37.1 Å². The maximum absolute atomic E-state index is 13.0. The third-order valence-electron chi connectivity index (χ3n) is 5.28. The van der Waals surface area contributed by atoms with Crippen molar-refractivity contribution in [2.45, 2.75) is 52.4 Å². The summed E-state index contributed by atoms with van der Waals surface area (Å²) < 4.78 is 13.0. The molecular weight excluding hydrogens is 331 g/mol. The molecule has 1 aromatic carbocycles. The van der Waals surface area contributed by atoms with Gasteiger partial charge in [-0.05, 0) is 49.4 Å². The highest BCUT2D eigenvalue weighted by Gasteiger charge is 2.29. The van der Waals surface area contributed by atoms with Crippen molar-refractivity contribution in [2.75, 3.05) is 19.6 Å². The Kier molecular flexibility index (Phi) is 8.07. The maximum atomic E-state index is 13.0. The normalized spacial score (nSPS) is 18.4. The standard InChI is InChI=1S/C21H31FN2O2/c1-3-5-7-16(4-2)14-23-20(25)18-8-6-13-24(15-18)21(26)17-9-11-19(22)12-10-17/h9-12,16,18H,3-8,13-15H2,1-2H3,(H,23,25). The molecule has 2 atom stereocenters. The van der Waals surface area contributed by atoms with Crippen LogP contribution in [0.2, 0.25) is 0 Å². The van der Waals surface area contributed by atoms with E-state index in [-0.39, 0.29) is 23.5 Å². The Bertz CT molecular complexity index is 588. The van der Waals surface area contributed by atoms with Gasteiger partial charge in [0.1, 0.15) is 5.82 Å². The number of carbonyl (C=O) groups excluding carboxylic acids is 2. The number of unbranched alkanes of at least 4 members (excludes halogenated alkanes) is 1. The first-order chi connectivity index (χ1) is 12.5. The molecule has 1 aromatic rings. The summed E-state index contributed by atoms with van der Waals surface area (Å²) in [4.78, 5) is 26.8. The molecule has 1 fully saturated rings. The Hall–Kier alpha value is -1.91. The summed E-state index contributed by atoms with van der Waals surface area (Å²) in [5, 5.41) is 3.09. The smallest absolute Gasteiger partial charge is 0.253 e. The molecule has 1 heterocycles. The summed E-state index contributed by atoms with van der Waals surface area (Å²) in [6.45, 7) is 6.15. The van der Waals surface area contributed by atoms with Crippen molar-refractivity contribution >= 4 is 11.8 Å². The number of nitrogens with one attached hydrogen (secondary N) is 1. The lowest BCUT2D eigenvalue weighted by molar-refractivity contribution is -0.126. The second-order valence-electron chi connectivity index (χ2n) is 7.26. The number of hydrogen-bond acceptors (Lipinski definition) is 2. The molecule has 0 bridgehead atoms. The van der Waals surface area contributed by atoms with E-state index in [1.807, 2.05) is 0 Å². The Balaban J connectivity index is 1.87. The van der Waals surface area contributed by atoms with Gasteiger partial charge in [0, 0.05) is 25.2 Å². The largest absolute Gasteiger partial charge is 0.356 e. The first kappa shape index (κ1) is 20.4. The average molecular weight is 362 g/mol. The van der Waals surface area contributed by atoms with E-state index in [2.05, 4.69) is 19.2 Å². The van der Waals surface area contributed by atoms with Crippen LogP contribution in [-0.4, -0.2) is 36.3 Å². The van der Waals surface area contributed by atoms with Crippen LogP contribution >= 0.6 is 0 Å². The number of nitrogens with zero attached hydrogens (tertiary/aromatic N) is 1. The molecule has 4 nitrogen and oxygen atoms in total. The highest BCUT2D eigenvalue weighted by Crippen LogP contribution is 2.20. The zero-order valence-electron chi connectivity index (χ0n) is 16.0. The van der Waals surface area contributed by atoms with Gasteiger partial charge < -0.3 is 10.2 Å². The van der Waals surface area contributed by atoms with Gasteiger partial charge in [-0.3, -0.25) is 9.59 Å². The molecule has 5 heteroatoms. The topological polar surface area (TPSA) is 49.4 Å². The molecule has 144 valence electrons. The first-order valence-corrected chi connectivity index (χ1v) is 9.87. The fourth-order valence-electron chi connectivity index (χ4n) is 3.48. The van der Waals surface area contributed by atoms with Crippen LogP contribution in [0.15, 0.2) is 24.3 Å². The number of benzene rings is 1. The molecule has 26 heavy (non-hydrogen) atoms. The predicted octanol–water partition coefficient (Wildman–Crippen LogP) is 4.01. The van der Waals surface area contributed by atoms with E-state index < -0.39 is 0 Å². The average Bonchev–Trinajstić information content (AvgIpc) is 2.68. The lowest BCUT2D eigenvalue weighted by atomic mass is 9.95. The molecule has 1 N–H and O–H groups in total. The van der Waals surface area contributed by atoms with Crippen LogP contribution < -0.4 is 5.32 Å². The molecule has 1 saturated heterocycles. The molecule has 1 aliphatic heterocycles. The molecule has 0 saturated carbocycles. The van der Waals surface area contributed by atoms with E-state index in [9.17, 15) is 14.0 Å². The molecule has 2 amide bonds. The maximum Gasteiger partial charge on any atom is 0.253 e. The Morgan fingerprint density at radius 2 is 2.00 bits per heavy atom. The molecule has 1 aliphatic rings. The van der Waals surface area contributed by atoms with Gasteiger partial charge in [-0.1, -0.05) is 33.1 Å². The van der Waals surface area contributed by atoms with Crippen LogP contribution in [-0.2, 0) is 4.79 Å². The first-order valence-electron chi connectivity index (χ1n) is 9.87. The fraction of sp³-hybridized carbons (Fsp3) is 0.619. The predicted molar refractivity (Wildman–Crippen MR) is 101 cm³/mol. The molecule has 2 rings (SSSR count). The van der Waals surface area contributed by atoms with Crippen LogP contribution in [0.25, 0.3) is 0 Å². The van der Waals surface area contributed by atoms with Crippen LogP contribution in [0.4, 0.5) is 4.39 Å². The molecule has 0 spiro atoms. The van der Waals surface area contributed by atoms with Gasteiger partial charge in [0.15, 0.2) is 0 Å². The summed E-state index contributed by atoms with van der Waals surface area (Å²) in [6.07, 6.45) is 6.21. The van der Waals surface area contributed by atoms with Gasteiger partial charge in [-0.25, -0.2) is 4.39 Å². The van der Waals surface area contributed by atoms with E-state index in [1.54, 1.807) is 4.90 Å². The molecule has 0 aromatic heterocycles. The number of halogens is 1. The van der Waals surface area contributed by atoms with Crippen LogP contribution in [0.1, 0.15) is 62.7 Å². The van der Waals surface area contributed by atoms with Gasteiger partial charge in [0.25, 0.3) is 5.91 Å². The summed E-state index contributed by atoms with van der Waals surface area (Å²) in [7, 11) is 0. The minimum atomic E-state index is -0.356. The number of rotatable bonds is 8. The van der Waals surface area contributed by atoms with Gasteiger partial charge in [-0.15, -0.1) is 0 Å². The highest BCUT2D eigenvalue weighted by molar-refractivity contribution is 5.94. The summed E-state index contributed by atoms with van der Waals surface area (Å²) >= 11 is 0. The third kappa shape index (κ3) is 5.82. The SMILES string of the molecule is CCCCC(CC)CNC(=O)C1CCCN(C(=O)c2ccc(F)cc2)C1. The number of likely N-dealkylation sites (tertiary alicyclic amines) is 1. The van der Waals surface area contributed by atoms with Gasteiger partial charge in [-0.2, -0.15) is 0 Å². The monoisotopic (exact) mass is 362 g/mol. The second kappa shape index (κ2) is 10.3. The Labute approximate surface area is 156 Å². The number of hydrogen-bond donors (Lipinski definition) is 1. The van der Waals surface area contributed by atoms with Crippen molar-refractivity contribution in [3.63, 3.8) is 0 Å². The number of piperidine rings is 1. The van der Waals surface area contributed by atoms with E-state index in [4.69, 9.17) is 0 Å². The quantitative estimate of drug-likeness (QED) is 0.760. The van der Waals surface area contributed by atoms with Gasteiger partial charge >= 0.3 is 0 Å². The van der Waals surface area contributed by atoms with E-state index in [0.29, 0.717) is 24.6 Å². The van der Waals surface area contributed by atoms with Crippen molar-refractivity contribution in [3.8, 4) is 0 Å². The molecular formula is C21H31FN2O2. The minimum absolute atomic E-state index is 0.0524. The lowest BCUT2D eigenvalue weighted by Crippen LogP contribution is -2.46. The van der Waals surface area contributed by atoms with Crippen molar-refractivity contribution in [3.05, 3.63) is 35.6 Å². The molecule has 2 unspecified atom stereocenters. The van der Waals surface area contributed by atoms with E-state index >= 15 is 0 Å². The van der Waals surface area contributed by atoms with Gasteiger partial charge in [0.2, 0.25) is 5.91 Å². The molecule has 0 aliphatic carbocycles. The van der Waals surface area contributed by atoms with Crippen LogP contribution in [0, 0.1) is 17.7 Å². The molecule has 0 radical (unpaired) electrons. The lowest BCUT2D eigenvalue weighted by Gasteiger charge is -2.32. The Morgan fingerprint density at radius 3 is 2.65 bits per heavy atom. The second-order valence-corrected chi connectivity index (χ2v) is 7.26. The van der Waals surface area contributed by atoms with Gasteiger partial charge in [0.05, 0.1) is 5.92 Å². The zero-order valence-corrected chi connectivity index (χ0v) is 16.0. The van der Waals surface area contributed by atoms with Crippen molar-refractivity contribution in [2.24, 2.45) is 11.8 Å². The summed E-state index contributed by atoms with van der Waals surface area (Å²) in [5.74, 6) is -0.0595. The van der Waals surface area contributed by atoms with E-state index in [0.717, 1.165) is 32.2 Å². The number of amides is 2. The fourth-order valence-corrected chi connectivity index (χ4v) is 3.48. The van der Waals surface area contributed by atoms with Crippen LogP contribution in [0.3, 0.4) is 0 Å². The zero-order chi connectivity index (χ0) is 18.9. The summed E-state index contributed by atoms with van der Waals surface area (Å²) in [5.41, 5.74) is 0.470. The highest BCUT2D eigenvalue weighted by atomic mass is 19.1. The van der Waals surface area contributed by atoms with Crippen molar-refractivity contribution in [1.82, 2.24) is 10.2 Å². The minimum Gasteiger partial charge on any atom is -0.356 e. The van der Waals surface area contributed by atoms with Crippen LogP contribution in [0.5, 0.6) is 0 Å². The third-order valence-corrected chi connectivity index (χ3v) is 5.28. The Morgan fingerprint density at radius 1 is 1.27 bits per heavy atom. The number of carbonyl (C=O) groups is 2. The van der Waals surface area contributed by atoms with Crippen molar-refractivity contribution < 1.29 is 14.0 Å². The van der Waals surface area contributed by atoms with Crippen molar-refractivity contribution in [1.29, 1.82) is 0 Å². The summed E-state index contributed by atoms with van der Waals surface area (Å²) in [6, 6.07) is 5.59.